The van der Waals surface area contributed by atoms with Gasteiger partial charge in [0.05, 0.1) is 5.69 Å². The number of amides is 2. The Balaban J connectivity index is 2.06. The Morgan fingerprint density at radius 2 is 2.04 bits per heavy atom. The van der Waals surface area contributed by atoms with Crippen molar-refractivity contribution in [2.75, 3.05) is 4.90 Å². The molecule has 2 aromatic rings. The molecule has 0 atom stereocenters. The largest absolute Gasteiger partial charge is 0.451 e. The Bertz CT molecular complexity index is 906. The first kappa shape index (κ1) is 17.1. The number of hydrogen-bond acceptors (Lipinski definition) is 4. The lowest BCUT2D eigenvalue weighted by molar-refractivity contribution is -0.122. The summed E-state index contributed by atoms with van der Waals surface area (Å²) >= 11 is 13.3. The molecule has 0 saturated carbocycles. The van der Waals surface area contributed by atoms with Gasteiger partial charge in [0.25, 0.3) is 11.8 Å². The maximum absolute atomic E-state index is 12.8. The van der Waals surface area contributed by atoms with Crippen molar-refractivity contribution in [3.63, 3.8) is 0 Å². The fourth-order valence-electron chi connectivity index (χ4n) is 2.26. The fourth-order valence-corrected chi connectivity index (χ4v) is 3.14. The molecule has 1 aromatic heterocycles. The number of anilines is 1. The first-order chi connectivity index (χ1) is 11.4. The van der Waals surface area contributed by atoms with Crippen molar-refractivity contribution in [3.8, 4) is 0 Å². The molecular formula is C16H10ClIN2O3S. The van der Waals surface area contributed by atoms with Crippen molar-refractivity contribution >= 4 is 75.1 Å². The molecule has 0 unspecified atom stereocenters. The topological polar surface area (TPSA) is 62.6 Å². The lowest BCUT2D eigenvalue weighted by Gasteiger charge is -2.30. The molecule has 3 rings (SSSR count). The number of rotatable bonds is 2. The average Bonchev–Trinajstić information content (AvgIpc) is 2.93. The number of benzene rings is 1. The van der Waals surface area contributed by atoms with Gasteiger partial charge in [0.2, 0.25) is 0 Å². The van der Waals surface area contributed by atoms with E-state index in [0.717, 1.165) is 0 Å². The first-order valence-electron chi connectivity index (χ1n) is 6.80. The summed E-state index contributed by atoms with van der Waals surface area (Å²) in [6.45, 7) is 1.78. The molecule has 1 fully saturated rings. The van der Waals surface area contributed by atoms with Crippen LogP contribution >= 0.6 is 46.4 Å². The van der Waals surface area contributed by atoms with Gasteiger partial charge in [0, 0.05) is 5.02 Å². The van der Waals surface area contributed by atoms with E-state index in [4.69, 9.17) is 28.2 Å². The number of carbonyl (C=O) groups is 2. The molecule has 5 nitrogen and oxygen atoms in total. The molecule has 24 heavy (non-hydrogen) atoms. The van der Waals surface area contributed by atoms with Crippen LogP contribution in [-0.4, -0.2) is 16.9 Å². The molecule has 2 amide bonds. The lowest BCUT2D eigenvalue weighted by atomic mass is 10.1. The summed E-state index contributed by atoms with van der Waals surface area (Å²) in [7, 11) is 0. The molecule has 0 spiro atoms. The van der Waals surface area contributed by atoms with Crippen LogP contribution in [0.2, 0.25) is 5.02 Å². The molecule has 1 saturated heterocycles. The Hall–Kier alpha value is -1.71. The van der Waals surface area contributed by atoms with Gasteiger partial charge in [-0.15, -0.1) is 0 Å². The second-order valence-corrected chi connectivity index (χ2v) is 6.84. The van der Waals surface area contributed by atoms with Crippen LogP contribution < -0.4 is 10.2 Å². The lowest BCUT2D eigenvalue weighted by Crippen LogP contribution is -2.54. The SMILES string of the molecule is Cc1c(Cl)cccc1N1C(=O)C(=Cc2ccc(I)o2)C(=O)NC1=S. The molecule has 1 aliphatic heterocycles. The second kappa shape index (κ2) is 6.66. The third-order valence-corrected chi connectivity index (χ3v) is 4.74. The van der Waals surface area contributed by atoms with Gasteiger partial charge in [0.1, 0.15) is 11.3 Å². The summed E-state index contributed by atoms with van der Waals surface area (Å²) in [6, 6.07) is 8.57. The van der Waals surface area contributed by atoms with E-state index in [0.29, 0.717) is 25.8 Å². The normalized spacial score (nSPS) is 16.7. The van der Waals surface area contributed by atoms with Gasteiger partial charge < -0.3 is 4.42 Å². The summed E-state index contributed by atoms with van der Waals surface area (Å²) < 4.78 is 6.05. The summed E-state index contributed by atoms with van der Waals surface area (Å²) in [5.41, 5.74) is 1.16. The Morgan fingerprint density at radius 3 is 2.71 bits per heavy atom. The number of halogens is 2. The average molecular weight is 473 g/mol. The summed E-state index contributed by atoms with van der Waals surface area (Å²) in [5, 5.41) is 3.05. The van der Waals surface area contributed by atoms with E-state index in [-0.39, 0.29) is 10.7 Å². The number of furan rings is 1. The maximum Gasteiger partial charge on any atom is 0.270 e. The summed E-state index contributed by atoms with van der Waals surface area (Å²) in [4.78, 5) is 26.3. The van der Waals surface area contributed by atoms with Gasteiger partial charge in [-0.1, -0.05) is 17.7 Å². The third kappa shape index (κ3) is 3.11. The van der Waals surface area contributed by atoms with Crippen LogP contribution in [-0.2, 0) is 9.59 Å². The minimum atomic E-state index is -0.563. The van der Waals surface area contributed by atoms with Crippen molar-refractivity contribution < 1.29 is 14.0 Å². The molecule has 1 aromatic carbocycles. The highest BCUT2D eigenvalue weighted by Crippen LogP contribution is 2.29. The van der Waals surface area contributed by atoms with Crippen LogP contribution in [0.15, 0.2) is 40.3 Å². The van der Waals surface area contributed by atoms with Crippen LogP contribution in [0.4, 0.5) is 5.69 Å². The van der Waals surface area contributed by atoms with E-state index in [2.05, 4.69) is 5.32 Å². The molecule has 1 aliphatic rings. The molecule has 122 valence electrons. The van der Waals surface area contributed by atoms with Crippen molar-refractivity contribution in [2.45, 2.75) is 6.92 Å². The first-order valence-corrected chi connectivity index (χ1v) is 8.67. The van der Waals surface area contributed by atoms with E-state index in [1.54, 1.807) is 37.3 Å². The quantitative estimate of drug-likeness (QED) is 0.314. The van der Waals surface area contributed by atoms with Crippen molar-refractivity contribution in [1.82, 2.24) is 5.32 Å². The smallest absolute Gasteiger partial charge is 0.270 e. The Kier molecular flexibility index (Phi) is 4.75. The van der Waals surface area contributed by atoms with Gasteiger partial charge in [-0.2, -0.15) is 0 Å². The van der Waals surface area contributed by atoms with E-state index < -0.39 is 11.8 Å². The highest BCUT2D eigenvalue weighted by molar-refractivity contribution is 14.1. The predicted molar refractivity (Wildman–Crippen MR) is 104 cm³/mol. The predicted octanol–water partition coefficient (Wildman–Crippen LogP) is 3.68. The highest BCUT2D eigenvalue weighted by atomic mass is 127. The van der Waals surface area contributed by atoms with Gasteiger partial charge in [-0.3, -0.25) is 19.8 Å². The number of nitrogens with zero attached hydrogens (tertiary/aromatic N) is 1. The summed E-state index contributed by atoms with van der Waals surface area (Å²) in [5.74, 6) is -0.679. The zero-order valence-electron chi connectivity index (χ0n) is 12.3. The molecule has 2 heterocycles. The second-order valence-electron chi connectivity index (χ2n) is 4.98. The van der Waals surface area contributed by atoms with Crippen molar-refractivity contribution in [2.24, 2.45) is 0 Å². The van der Waals surface area contributed by atoms with Crippen LogP contribution in [0.1, 0.15) is 11.3 Å². The van der Waals surface area contributed by atoms with Crippen LogP contribution in [0.5, 0.6) is 0 Å². The fraction of sp³-hybridized carbons (Fsp3) is 0.0625. The van der Waals surface area contributed by atoms with Crippen LogP contribution in [0, 0.1) is 10.7 Å². The molecule has 0 aliphatic carbocycles. The molecule has 8 heteroatoms. The zero-order valence-corrected chi connectivity index (χ0v) is 16.0. The van der Waals surface area contributed by atoms with Crippen LogP contribution in [0.25, 0.3) is 6.08 Å². The summed E-state index contributed by atoms with van der Waals surface area (Å²) in [6.07, 6.45) is 1.40. The third-order valence-electron chi connectivity index (χ3n) is 3.46. The standard InChI is InChI=1S/C16H10ClIN2O3S/c1-8-11(17)3-2-4-12(8)20-15(22)10(14(21)19-16(20)24)7-9-5-6-13(18)23-9/h2-7H,1H3,(H,19,21,24). The van der Waals surface area contributed by atoms with Crippen molar-refractivity contribution in [1.29, 1.82) is 0 Å². The minimum Gasteiger partial charge on any atom is -0.451 e. The number of carbonyl (C=O) groups excluding carboxylic acids is 2. The van der Waals surface area contributed by atoms with E-state index in [9.17, 15) is 9.59 Å². The van der Waals surface area contributed by atoms with Gasteiger partial charge in [-0.05, 0) is 77.6 Å². The molecule has 0 radical (unpaired) electrons. The number of nitrogens with one attached hydrogen (secondary N) is 1. The Morgan fingerprint density at radius 1 is 1.29 bits per heavy atom. The Labute approximate surface area is 161 Å². The van der Waals surface area contributed by atoms with Gasteiger partial charge in [-0.25, -0.2) is 0 Å². The highest BCUT2D eigenvalue weighted by Gasteiger charge is 2.35. The van der Waals surface area contributed by atoms with E-state index in [1.807, 2.05) is 22.6 Å². The number of hydrogen-bond donors (Lipinski definition) is 1. The van der Waals surface area contributed by atoms with E-state index in [1.165, 1.54) is 11.0 Å². The monoisotopic (exact) mass is 472 g/mol. The van der Waals surface area contributed by atoms with Crippen LogP contribution in [0.3, 0.4) is 0 Å². The van der Waals surface area contributed by atoms with Crippen molar-refractivity contribution in [3.05, 3.63) is 56.0 Å². The molecule has 1 N–H and O–H groups in total. The van der Waals surface area contributed by atoms with E-state index >= 15 is 0 Å². The van der Waals surface area contributed by atoms with Gasteiger partial charge in [0.15, 0.2) is 8.88 Å². The minimum absolute atomic E-state index is 0.0153. The molecular weight excluding hydrogens is 463 g/mol. The number of thiocarbonyl (C=S) groups is 1. The molecule has 0 bridgehead atoms. The van der Waals surface area contributed by atoms with Gasteiger partial charge >= 0.3 is 0 Å². The zero-order chi connectivity index (χ0) is 17.4. The maximum atomic E-state index is 12.8.